The Morgan fingerprint density at radius 3 is 2.52 bits per heavy atom. The zero-order chi connectivity index (χ0) is 21.4. The van der Waals surface area contributed by atoms with Crippen LogP contribution in [0.2, 0.25) is 0 Å². The summed E-state index contributed by atoms with van der Waals surface area (Å²) in [5.41, 5.74) is 4.22. The summed E-state index contributed by atoms with van der Waals surface area (Å²) in [7, 11) is 0. The monoisotopic (exact) mass is 396 g/mol. The van der Waals surface area contributed by atoms with Gasteiger partial charge in [0, 0.05) is 13.1 Å². The second-order valence-corrected chi connectivity index (χ2v) is 7.46. The van der Waals surface area contributed by atoms with Crippen molar-refractivity contribution in [3.8, 4) is 5.75 Å². The highest BCUT2D eigenvalue weighted by atomic mass is 16.5. The molecular formula is C24H32N2O3. The van der Waals surface area contributed by atoms with Crippen LogP contribution in [0.25, 0.3) is 0 Å². The third-order valence-corrected chi connectivity index (χ3v) is 5.06. The summed E-state index contributed by atoms with van der Waals surface area (Å²) in [6, 6.07) is 13.2. The van der Waals surface area contributed by atoms with Crippen molar-refractivity contribution >= 4 is 11.8 Å². The van der Waals surface area contributed by atoms with Crippen molar-refractivity contribution in [3.05, 3.63) is 64.7 Å². The molecule has 2 aromatic carbocycles. The van der Waals surface area contributed by atoms with E-state index in [1.54, 1.807) is 11.8 Å². The molecule has 2 rings (SSSR count). The van der Waals surface area contributed by atoms with E-state index in [4.69, 9.17) is 4.74 Å². The van der Waals surface area contributed by atoms with Gasteiger partial charge in [-0.25, -0.2) is 0 Å². The number of amides is 2. The number of rotatable bonds is 9. The van der Waals surface area contributed by atoms with E-state index in [1.807, 2.05) is 70.2 Å². The number of nitrogens with one attached hydrogen (secondary N) is 1. The lowest BCUT2D eigenvalue weighted by Gasteiger charge is -2.29. The van der Waals surface area contributed by atoms with Crippen LogP contribution in [0.1, 0.15) is 42.5 Å². The smallest absolute Gasteiger partial charge is 0.261 e. The van der Waals surface area contributed by atoms with Gasteiger partial charge in [-0.1, -0.05) is 48.9 Å². The zero-order valence-corrected chi connectivity index (χ0v) is 18.1. The van der Waals surface area contributed by atoms with E-state index >= 15 is 0 Å². The third-order valence-electron chi connectivity index (χ3n) is 5.06. The Balaban J connectivity index is 2.17. The van der Waals surface area contributed by atoms with Gasteiger partial charge in [-0.3, -0.25) is 9.59 Å². The molecule has 0 aliphatic rings. The van der Waals surface area contributed by atoms with Gasteiger partial charge in [-0.15, -0.1) is 0 Å². The summed E-state index contributed by atoms with van der Waals surface area (Å²) in [5, 5.41) is 2.88. The molecule has 5 heteroatoms. The van der Waals surface area contributed by atoms with Gasteiger partial charge in [-0.2, -0.15) is 0 Å². The number of ether oxygens (including phenoxy) is 1. The maximum atomic E-state index is 13.0. The predicted molar refractivity (Wildman–Crippen MR) is 116 cm³/mol. The van der Waals surface area contributed by atoms with Gasteiger partial charge in [0.25, 0.3) is 5.91 Å². The number of carbonyl (C=O) groups excluding carboxylic acids is 2. The molecule has 2 amide bonds. The van der Waals surface area contributed by atoms with Gasteiger partial charge >= 0.3 is 0 Å². The van der Waals surface area contributed by atoms with Gasteiger partial charge in [-0.05, 0) is 56.9 Å². The maximum absolute atomic E-state index is 13.0. The minimum atomic E-state index is -0.586. The minimum Gasteiger partial charge on any atom is -0.483 e. The fourth-order valence-corrected chi connectivity index (χ4v) is 3.09. The second-order valence-electron chi connectivity index (χ2n) is 7.46. The molecule has 0 aromatic heterocycles. The molecule has 0 saturated carbocycles. The molecule has 0 unspecified atom stereocenters. The van der Waals surface area contributed by atoms with Gasteiger partial charge in [0.15, 0.2) is 6.61 Å². The summed E-state index contributed by atoms with van der Waals surface area (Å²) in [4.78, 5) is 27.2. The Kier molecular flexibility index (Phi) is 8.25. The molecule has 1 N–H and O–H groups in total. The van der Waals surface area contributed by atoms with Gasteiger partial charge in [0.2, 0.25) is 5.91 Å². The molecule has 0 heterocycles. The summed E-state index contributed by atoms with van der Waals surface area (Å²) in [5.74, 6) is 0.322. The Bertz CT molecular complexity index is 848. The van der Waals surface area contributed by atoms with Crippen LogP contribution in [0.3, 0.4) is 0 Å². The third kappa shape index (κ3) is 6.34. The number of nitrogens with zero attached hydrogens (tertiary/aromatic N) is 1. The van der Waals surface area contributed by atoms with Crippen LogP contribution in [0.4, 0.5) is 0 Å². The molecule has 29 heavy (non-hydrogen) atoms. The highest BCUT2D eigenvalue weighted by Gasteiger charge is 2.26. The first-order chi connectivity index (χ1) is 13.8. The number of hydrogen-bond acceptors (Lipinski definition) is 3. The number of hydrogen-bond donors (Lipinski definition) is 1. The van der Waals surface area contributed by atoms with E-state index < -0.39 is 6.04 Å². The van der Waals surface area contributed by atoms with E-state index in [1.165, 1.54) is 0 Å². The topological polar surface area (TPSA) is 58.6 Å². The van der Waals surface area contributed by atoms with E-state index in [-0.39, 0.29) is 18.4 Å². The van der Waals surface area contributed by atoms with Crippen LogP contribution in [0.15, 0.2) is 42.5 Å². The van der Waals surface area contributed by atoms with Crippen molar-refractivity contribution < 1.29 is 14.3 Å². The zero-order valence-electron chi connectivity index (χ0n) is 18.1. The first kappa shape index (κ1) is 22.5. The van der Waals surface area contributed by atoms with Crippen LogP contribution >= 0.6 is 0 Å². The summed E-state index contributed by atoms with van der Waals surface area (Å²) in [6.45, 7) is 10.6. The van der Waals surface area contributed by atoms with E-state index in [0.717, 1.165) is 28.7 Å². The first-order valence-corrected chi connectivity index (χ1v) is 10.1. The van der Waals surface area contributed by atoms with Crippen LogP contribution < -0.4 is 10.1 Å². The predicted octanol–water partition coefficient (Wildman–Crippen LogP) is 3.93. The van der Waals surface area contributed by atoms with E-state index in [0.29, 0.717) is 18.8 Å². The fourth-order valence-electron chi connectivity index (χ4n) is 3.09. The summed E-state index contributed by atoms with van der Waals surface area (Å²) >= 11 is 0. The lowest BCUT2D eigenvalue weighted by molar-refractivity contribution is -0.142. The minimum absolute atomic E-state index is 0.110. The molecule has 0 fully saturated rings. The van der Waals surface area contributed by atoms with Crippen LogP contribution in [0.5, 0.6) is 5.75 Å². The molecule has 2 aromatic rings. The lowest BCUT2D eigenvalue weighted by atomic mass is 10.1. The molecule has 0 aliphatic heterocycles. The van der Waals surface area contributed by atoms with Gasteiger partial charge < -0.3 is 15.0 Å². The molecular weight excluding hydrogens is 364 g/mol. The highest BCUT2D eigenvalue weighted by Crippen LogP contribution is 2.21. The Morgan fingerprint density at radius 2 is 1.83 bits per heavy atom. The lowest BCUT2D eigenvalue weighted by Crippen LogP contribution is -2.49. The molecule has 156 valence electrons. The quantitative estimate of drug-likeness (QED) is 0.699. The Hall–Kier alpha value is -2.82. The van der Waals surface area contributed by atoms with E-state index in [2.05, 4.69) is 5.32 Å². The number of carbonyl (C=O) groups is 2. The average molecular weight is 397 g/mol. The van der Waals surface area contributed by atoms with Crippen LogP contribution in [-0.4, -0.2) is 35.9 Å². The van der Waals surface area contributed by atoms with Crippen molar-refractivity contribution in [2.24, 2.45) is 0 Å². The van der Waals surface area contributed by atoms with Gasteiger partial charge in [0.05, 0.1) is 0 Å². The molecule has 0 aliphatic carbocycles. The van der Waals surface area contributed by atoms with Crippen molar-refractivity contribution in [1.82, 2.24) is 10.2 Å². The molecule has 5 nitrogen and oxygen atoms in total. The molecule has 0 radical (unpaired) electrons. The van der Waals surface area contributed by atoms with Crippen LogP contribution in [-0.2, 0) is 16.1 Å². The SMILES string of the molecule is CCCNC(=O)[C@@H](C)N(Cc1cccc(C)c1)C(=O)COc1cccc(C)c1C. The normalized spacial score (nSPS) is 11.6. The standard InChI is InChI=1S/C24H32N2O3/c1-6-13-25-24(28)20(5)26(15-21-11-7-9-17(2)14-21)23(27)16-29-22-12-8-10-18(3)19(22)4/h7-12,14,20H,6,13,15-16H2,1-5H3,(H,25,28)/t20-/m1/s1. The molecule has 0 spiro atoms. The Labute approximate surface area is 174 Å². The second kappa shape index (κ2) is 10.6. The molecule has 0 bridgehead atoms. The largest absolute Gasteiger partial charge is 0.483 e. The highest BCUT2D eigenvalue weighted by molar-refractivity contribution is 5.88. The van der Waals surface area contributed by atoms with Crippen molar-refractivity contribution in [3.63, 3.8) is 0 Å². The average Bonchev–Trinajstić information content (AvgIpc) is 2.70. The molecule has 1 atom stereocenters. The molecule has 0 saturated heterocycles. The van der Waals surface area contributed by atoms with Gasteiger partial charge in [0.1, 0.15) is 11.8 Å². The van der Waals surface area contributed by atoms with Crippen LogP contribution in [0, 0.1) is 20.8 Å². The summed E-state index contributed by atoms with van der Waals surface area (Å²) < 4.78 is 5.81. The fraction of sp³-hybridized carbons (Fsp3) is 0.417. The van der Waals surface area contributed by atoms with Crippen molar-refractivity contribution in [2.75, 3.05) is 13.2 Å². The summed E-state index contributed by atoms with van der Waals surface area (Å²) in [6.07, 6.45) is 0.847. The van der Waals surface area contributed by atoms with Crippen molar-refractivity contribution in [1.29, 1.82) is 0 Å². The number of aryl methyl sites for hydroxylation is 2. The Morgan fingerprint density at radius 1 is 1.10 bits per heavy atom. The number of benzene rings is 2. The maximum Gasteiger partial charge on any atom is 0.261 e. The van der Waals surface area contributed by atoms with Crippen molar-refractivity contribution in [2.45, 2.75) is 53.6 Å². The van der Waals surface area contributed by atoms with E-state index in [9.17, 15) is 9.59 Å². The first-order valence-electron chi connectivity index (χ1n) is 10.1.